The average molecular weight is 268 g/mol. The topological polar surface area (TPSA) is 29.5 Å². The summed E-state index contributed by atoms with van der Waals surface area (Å²) in [6.07, 6.45) is 2.31. The number of ether oxygens (including phenoxy) is 1. The third-order valence-electron chi connectivity index (χ3n) is 3.29. The second-order valence-electron chi connectivity index (χ2n) is 4.82. The molecule has 3 nitrogen and oxygen atoms in total. The lowest BCUT2D eigenvalue weighted by Crippen LogP contribution is -2.35. The monoisotopic (exact) mass is 267 g/mol. The molecule has 1 saturated heterocycles. The van der Waals surface area contributed by atoms with Crippen LogP contribution >= 0.6 is 11.6 Å². The van der Waals surface area contributed by atoms with Gasteiger partial charge in [0.1, 0.15) is 11.9 Å². The van der Waals surface area contributed by atoms with Crippen LogP contribution in [0.4, 0.5) is 0 Å². The van der Waals surface area contributed by atoms with Gasteiger partial charge in [0.2, 0.25) is 0 Å². The van der Waals surface area contributed by atoms with Crippen LogP contribution in [-0.2, 0) is 0 Å². The number of Topliss-reactive ketones (excluding diaryl/α,β-unsaturated/α-hetero) is 1. The van der Waals surface area contributed by atoms with Gasteiger partial charge in [0.25, 0.3) is 0 Å². The Morgan fingerprint density at radius 3 is 2.61 bits per heavy atom. The Labute approximate surface area is 113 Å². The summed E-state index contributed by atoms with van der Waals surface area (Å²) in [7, 11) is 2.12. The van der Waals surface area contributed by atoms with Crippen molar-refractivity contribution >= 4 is 17.4 Å². The number of halogens is 1. The highest BCUT2D eigenvalue weighted by atomic mass is 35.5. The van der Waals surface area contributed by atoms with Crippen molar-refractivity contribution in [3.8, 4) is 5.75 Å². The van der Waals surface area contributed by atoms with Crippen LogP contribution in [-0.4, -0.2) is 36.9 Å². The van der Waals surface area contributed by atoms with E-state index in [2.05, 4.69) is 11.9 Å². The molecule has 1 aliphatic heterocycles. The zero-order valence-corrected chi connectivity index (χ0v) is 11.5. The molecule has 98 valence electrons. The van der Waals surface area contributed by atoms with Crippen molar-refractivity contribution in [2.75, 3.05) is 20.1 Å². The third kappa shape index (κ3) is 3.24. The lowest BCUT2D eigenvalue weighted by atomic mass is 10.1. The molecule has 1 aromatic rings. The molecule has 0 radical (unpaired) electrons. The van der Waals surface area contributed by atoms with E-state index in [4.69, 9.17) is 16.3 Å². The third-order valence-corrected chi connectivity index (χ3v) is 3.60. The van der Waals surface area contributed by atoms with Crippen LogP contribution in [0, 0.1) is 0 Å². The molecule has 0 saturated carbocycles. The Kier molecular flexibility index (Phi) is 4.25. The zero-order valence-electron chi connectivity index (χ0n) is 10.8. The maximum Gasteiger partial charge on any atom is 0.161 e. The summed E-state index contributed by atoms with van der Waals surface area (Å²) in [6, 6.07) is 5.28. The average Bonchev–Trinajstić information content (AvgIpc) is 2.32. The van der Waals surface area contributed by atoms with Gasteiger partial charge in [0, 0.05) is 18.7 Å². The van der Waals surface area contributed by atoms with Gasteiger partial charge in [-0.2, -0.15) is 0 Å². The lowest BCUT2D eigenvalue weighted by molar-refractivity contribution is 0.101. The summed E-state index contributed by atoms with van der Waals surface area (Å²) in [5.41, 5.74) is 0.549. The van der Waals surface area contributed by atoms with Gasteiger partial charge >= 0.3 is 0 Å². The van der Waals surface area contributed by atoms with Crippen molar-refractivity contribution < 1.29 is 9.53 Å². The predicted molar refractivity (Wildman–Crippen MR) is 72.6 cm³/mol. The van der Waals surface area contributed by atoms with Gasteiger partial charge in [0.15, 0.2) is 5.78 Å². The zero-order chi connectivity index (χ0) is 13.1. The highest BCUT2D eigenvalue weighted by molar-refractivity contribution is 6.34. The Balaban J connectivity index is 2.02. The first kappa shape index (κ1) is 13.4. The van der Waals surface area contributed by atoms with Crippen LogP contribution in [0.3, 0.4) is 0 Å². The van der Waals surface area contributed by atoms with E-state index in [1.165, 1.54) is 6.92 Å². The van der Waals surface area contributed by atoms with Crippen molar-refractivity contribution in [2.45, 2.75) is 25.9 Å². The van der Waals surface area contributed by atoms with Crippen LogP contribution < -0.4 is 4.74 Å². The molecular weight excluding hydrogens is 250 g/mol. The molecular formula is C14H18ClNO2. The maximum atomic E-state index is 11.3. The second kappa shape index (κ2) is 5.72. The first-order valence-corrected chi connectivity index (χ1v) is 6.60. The fourth-order valence-electron chi connectivity index (χ4n) is 2.15. The van der Waals surface area contributed by atoms with Gasteiger partial charge in [0.05, 0.1) is 5.02 Å². The van der Waals surface area contributed by atoms with E-state index >= 15 is 0 Å². The van der Waals surface area contributed by atoms with Crippen molar-refractivity contribution in [1.82, 2.24) is 4.90 Å². The van der Waals surface area contributed by atoms with E-state index in [-0.39, 0.29) is 11.9 Å². The Hall–Kier alpha value is -1.06. The standard InChI is InChI=1S/C14H18ClNO2/c1-10(17)13-4-3-12(9-14(13)15)18-11-5-7-16(2)8-6-11/h3-4,9,11H,5-8H2,1-2H3. The SMILES string of the molecule is CC(=O)c1ccc(OC2CCN(C)CC2)cc1Cl. The first-order chi connectivity index (χ1) is 8.56. The van der Waals surface area contributed by atoms with E-state index in [0.29, 0.717) is 10.6 Å². The molecule has 2 rings (SSSR count). The number of hydrogen-bond acceptors (Lipinski definition) is 3. The van der Waals surface area contributed by atoms with E-state index in [1.54, 1.807) is 12.1 Å². The van der Waals surface area contributed by atoms with Gasteiger partial charge in [-0.05, 0) is 45.0 Å². The summed E-state index contributed by atoms with van der Waals surface area (Å²) >= 11 is 6.06. The molecule has 0 unspecified atom stereocenters. The molecule has 0 spiro atoms. The van der Waals surface area contributed by atoms with Gasteiger partial charge in [-0.25, -0.2) is 0 Å². The lowest BCUT2D eigenvalue weighted by Gasteiger charge is -2.29. The fourth-order valence-corrected chi connectivity index (χ4v) is 2.45. The number of hydrogen-bond donors (Lipinski definition) is 0. The van der Waals surface area contributed by atoms with Crippen molar-refractivity contribution in [2.24, 2.45) is 0 Å². The number of ketones is 1. The molecule has 0 amide bonds. The van der Waals surface area contributed by atoms with Gasteiger partial charge in [-0.1, -0.05) is 11.6 Å². The smallest absolute Gasteiger partial charge is 0.161 e. The minimum Gasteiger partial charge on any atom is -0.490 e. The summed E-state index contributed by atoms with van der Waals surface area (Å²) in [6.45, 7) is 3.63. The Morgan fingerprint density at radius 1 is 1.39 bits per heavy atom. The fraction of sp³-hybridized carbons (Fsp3) is 0.500. The molecule has 0 N–H and O–H groups in total. The highest BCUT2D eigenvalue weighted by Crippen LogP contribution is 2.25. The molecule has 1 fully saturated rings. The number of carbonyl (C=O) groups is 1. The summed E-state index contributed by atoms with van der Waals surface area (Å²) < 4.78 is 5.90. The van der Waals surface area contributed by atoms with E-state index in [0.717, 1.165) is 31.7 Å². The molecule has 0 bridgehead atoms. The quantitative estimate of drug-likeness (QED) is 0.789. The van der Waals surface area contributed by atoms with Crippen LogP contribution in [0.2, 0.25) is 5.02 Å². The van der Waals surface area contributed by atoms with Gasteiger partial charge < -0.3 is 9.64 Å². The molecule has 0 atom stereocenters. The maximum absolute atomic E-state index is 11.3. The number of rotatable bonds is 3. The Bertz CT molecular complexity index is 439. The van der Waals surface area contributed by atoms with Crippen LogP contribution in [0.15, 0.2) is 18.2 Å². The van der Waals surface area contributed by atoms with Crippen LogP contribution in [0.1, 0.15) is 30.1 Å². The van der Waals surface area contributed by atoms with E-state index in [1.807, 2.05) is 6.07 Å². The number of nitrogens with zero attached hydrogens (tertiary/aromatic N) is 1. The number of benzene rings is 1. The molecule has 0 aromatic heterocycles. The normalized spacial score (nSPS) is 17.7. The summed E-state index contributed by atoms with van der Waals surface area (Å²) in [4.78, 5) is 13.6. The van der Waals surface area contributed by atoms with Crippen molar-refractivity contribution in [3.63, 3.8) is 0 Å². The molecule has 1 aliphatic rings. The molecule has 4 heteroatoms. The first-order valence-electron chi connectivity index (χ1n) is 6.22. The van der Waals surface area contributed by atoms with E-state index < -0.39 is 0 Å². The molecule has 0 aliphatic carbocycles. The number of piperidine rings is 1. The van der Waals surface area contributed by atoms with Gasteiger partial charge in [-0.3, -0.25) is 4.79 Å². The van der Waals surface area contributed by atoms with Crippen molar-refractivity contribution in [1.29, 1.82) is 0 Å². The Morgan fingerprint density at radius 2 is 2.06 bits per heavy atom. The second-order valence-corrected chi connectivity index (χ2v) is 5.23. The minimum absolute atomic E-state index is 0.0224. The highest BCUT2D eigenvalue weighted by Gasteiger charge is 2.18. The molecule has 1 heterocycles. The van der Waals surface area contributed by atoms with Crippen LogP contribution in [0.25, 0.3) is 0 Å². The van der Waals surface area contributed by atoms with E-state index in [9.17, 15) is 4.79 Å². The summed E-state index contributed by atoms with van der Waals surface area (Å²) in [5, 5.41) is 0.466. The predicted octanol–water partition coefficient (Wildman–Crippen LogP) is 3.02. The minimum atomic E-state index is -0.0224. The summed E-state index contributed by atoms with van der Waals surface area (Å²) in [5.74, 6) is 0.727. The molecule has 18 heavy (non-hydrogen) atoms. The van der Waals surface area contributed by atoms with Crippen molar-refractivity contribution in [3.05, 3.63) is 28.8 Å². The number of carbonyl (C=O) groups excluding carboxylic acids is 1. The van der Waals surface area contributed by atoms with Crippen LogP contribution in [0.5, 0.6) is 5.75 Å². The number of likely N-dealkylation sites (tertiary alicyclic amines) is 1. The van der Waals surface area contributed by atoms with Gasteiger partial charge in [-0.15, -0.1) is 0 Å². The molecule has 1 aromatic carbocycles. The largest absolute Gasteiger partial charge is 0.490 e.